The Hall–Kier alpha value is -2.15. The number of carbonyl (C=O) groups excluding carboxylic acids is 1. The highest BCUT2D eigenvalue weighted by molar-refractivity contribution is 9.10. The van der Waals surface area contributed by atoms with Gasteiger partial charge in [-0.2, -0.15) is 0 Å². The topological polar surface area (TPSA) is 90.0 Å². The summed E-state index contributed by atoms with van der Waals surface area (Å²) < 4.78 is 1.91. The van der Waals surface area contributed by atoms with Crippen LogP contribution in [0.25, 0.3) is 0 Å². The van der Waals surface area contributed by atoms with Gasteiger partial charge in [-0.25, -0.2) is 4.98 Å². The largest absolute Gasteiger partial charge is 0.398 e. The van der Waals surface area contributed by atoms with Crippen molar-refractivity contribution in [3.05, 3.63) is 51.5 Å². The number of nitrogens with two attached hydrogens (primary N) is 1. The van der Waals surface area contributed by atoms with Gasteiger partial charge in [0, 0.05) is 24.1 Å². The van der Waals surface area contributed by atoms with Gasteiger partial charge >= 0.3 is 0 Å². The molecule has 2 heterocycles. The second kappa shape index (κ2) is 5.66. The van der Waals surface area contributed by atoms with Crippen molar-refractivity contribution in [1.29, 1.82) is 0 Å². The average molecular weight is 323 g/mol. The molecule has 0 bridgehead atoms. The minimum Gasteiger partial charge on any atom is -0.398 e. The molecular formula is C12H11BrN4O2. The maximum Gasteiger partial charge on any atom is 0.251 e. The third-order valence-electron chi connectivity index (χ3n) is 2.34. The first-order chi connectivity index (χ1) is 9.06. The molecule has 6 nitrogen and oxygen atoms in total. The van der Waals surface area contributed by atoms with Crippen LogP contribution in [-0.2, 0) is 11.3 Å². The van der Waals surface area contributed by atoms with E-state index in [1.54, 1.807) is 18.3 Å². The van der Waals surface area contributed by atoms with Crippen LogP contribution in [0.15, 0.2) is 45.9 Å². The second-order valence-electron chi connectivity index (χ2n) is 3.81. The van der Waals surface area contributed by atoms with Gasteiger partial charge in [-0.3, -0.25) is 9.59 Å². The van der Waals surface area contributed by atoms with Crippen molar-refractivity contribution in [2.24, 2.45) is 0 Å². The van der Waals surface area contributed by atoms with Gasteiger partial charge in [0.2, 0.25) is 5.91 Å². The van der Waals surface area contributed by atoms with Crippen LogP contribution in [-0.4, -0.2) is 15.5 Å². The lowest BCUT2D eigenvalue weighted by molar-refractivity contribution is -0.116. The number of nitrogen functional groups attached to an aromatic ring is 1. The highest BCUT2D eigenvalue weighted by Gasteiger charge is 2.08. The Kier molecular flexibility index (Phi) is 3.96. The van der Waals surface area contributed by atoms with E-state index >= 15 is 0 Å². The number of rotatable bonds is 3. The lowest BCUT2D eigenvalue weighted by Crippen LogP contribution is -2.27. The first kappa shape index (κ1) is 13.3. The standard InChI is InChI=1S/C12H11BrN4O2/c13-9-2-1-5-15-12(9)16-10(18)7-17-6-8(14)3-4-11(17)19/h1-6H,7,14H2,(H,15,16,18). The number of pyridine rings is 2. The van der Waals surface area contributed by atoms with Gasteiger partial charge in [0.1, 0.15) is 12.4 Å². The molecule has 0 aliphatic rings. The number of hydrogen-bond acceptors (Lipinski definition) is 4. The molecular weight excluding hydrogens is 312 g/mol. The summed E-state index contributed by atoms with van der Waals surface area (Å²) in [4.78, 5) is 27.4. The molecule has 7 heteroatoms. The number of aromatic nitrogens is 2. The van der Waals surface area contributed by atoms with E-state index in [0.717, 1.165) is 0 Å². The number of nitrogens with one attached hydrogen (secondary N) is 1. The quantitative estimate of drug-likeness (QED) is 0.889. The lowest BCUT2D eigenvalue weighted by Gasteiger charge is -2.08. The normalized spacial score (nSPS) is 10.2. The summed E-state index contributed by atoms with van der Waals surface area (Å²) in [5.74, 6) is 0.0524. The zero-order valence-electron chi connectivity index (χ0n) is 9.84. The predicted octanol–water partition coefficient (Wildman–Crippen LogP) is 1.23. The van der Waals surface area contributed by atoms with Crippen LogP contribution in [0.2, 0.25) is 0 Å². The molecule has 2 rings (SSSR count). The number of carbonyl (C=O) groups is 1. The van der Waals surface area contributed by atoms with E-state index in [1.807, 2.05) is 0 Å². The molecule has 2 aromatic rings. The van der Waals surface area contributed by atoms with E-state index in [2.05, 4.69) is 26.2 Å². The van der Waals surface area contributed by atoms with Gasteiger partial charge in [-0.05, 0) is 34.1 Å². The van der Waals surface area contributed by atoms with Crippen LogP contribution in [0.4, 0.5) is 11.5 Å². The summed E-state index contributed by atoms with van der Waals surface area (Å²) >= 11 is 3.27. The van der Waals surface area contributed by atoms with Crippen LogP contribution in [0, 0.1) is 0 Å². The van der Waals surface area contributed by atoms with Gasteiger partial charge < -0.3 is 15.6 Å². The van der Waals surface area contributed by atoms with Crippen LogP contribution in [0.5, 0.6) is 0 Å². The third kappa shape index (κ3) is 3.41. The Morgan fingerprint density at radius 2 is 2.21 bits per heavy atom. The monoisotopic (exact) mass is 322 g/mol. The van der Waals surface area contributed by atoms with Crippen molar-refractivity contribution < 1.29 is 4.79 Å². The fourth-order valence-electron chi connectivity index (χ4n) is 1.48. The van der Waals surface area contributed by atoms with E-state index in [0.29, 0.717) is 16.0 Å². The van der Waals surface area contributed by atoms with E-state index in [4.69, 9.17) is 5.73 Å². The van der Waals surface area contributed by atoms with E-state index in [1.165, 1.54) is 22.9 Å². The molecule has 0 aliphatic heterocycles. The van der Waals surface area contributed by atoms with E-state index < -0.39 is 0 Å². The Balaban J connectivity index is 2.12. The van der Waals surface area contributed by atoms with E-state index in [9.17, 15) is 9.59 Å². The molecule has 0 aromatic carbocycles. The number of halogens is 1. The molecule has 2 aromatic heterocycles. The molecule has 0 spiro atoms. The molecule has 0 aliphatic carbocycles. The maximum absolute atomic E-state index is 11.8. The van der Waals surface area contributed by atoms with Crippen LogP contribution < -0.4 is 16.6 Å². The molecule has 1 amide bonds. The van der Waals surface area contributed by atoms with Gasteiger partial charge in [-0.1, -0.05) is 0 Å². The molecule has 0 radical (unpaired) electrons. The summed E-state index contributed by atoms with van der Waals surface area (Å²) in [6.07, 6.45) is 2.99. The molecule has 0 fully saturated rings. The van der Waals surface area contributed by atoms with Crippen molar-refractivity contribution in [2.75, 3.05) is 11.1 Å². The molecule has 98 valence electrons. The lowest BCUT2D eigenvalue weighted by atomic mass is 10.4. The highest BCUT2D eigenvalue weighted by atomic mass is 79.9. The highest BCUT2D eigenvalue weighted by Crippen LogP contribution is 2.17. The Labute approximate surface area is 117 Å². The van der Waals surface area contributed by atoms with Crippen LogP contribution >= 0.6 is 15.9 Å². The van der Waals surface area contributed by atoms with Crippen LogP contribution in [0.3, 0.4) is 0 Å². The SMILES string of the molecule is Nc1ccc(=O)n(CC(=O)Nc2ncccc2Br)c1. The van der Waals surface area contributed by atoms with Gasteiger partial charge in [0.05, 0.1) is 4.47 Å². The fraction of sp³-hybridized carbons (Fsp3) is 0.0833. The third-order valence-corrected chi connectivity index (χ3v) is 2.98. The van der Waals surface area contributed by atoms with Crippen molar-refractivity contribution in [3.63, 3.8) is 0 Å². The van der Waals surface area contributed by atoms with Crippen molar-refractivity contribution in [3.8, 4) is 0 Å². The Bertz CT molecular complexity index is 669. The zero-order chi connectivity index (χ0) is 13.8. The van der Waals surface area contributed by atoms with Crippen molar-refractivity contribution >= 4 is 33.3 Å². The van der Waals surface area contributed by atoms with Crippen molar-refractivity contribution in [2.45, 2.75) is 6.54 Å². The minimum absolute atomic E-state index is 0.118. The number of nitrogens with zero attached hydrogens (tertiary/aromatic N) is 2. The smallest absolute Gasteiger partial charge is 0.251 e. The number of amides is 1. The summed E-state index contributed by atoms with van der Waals surface area (Å²) in [6.45, 7) is -0.118. The second-order valence-corrected chi connectivity index (χ2v) is 4.66. The van der Waals surface area contributed by atoms with Crippen molar-refractivity contribution in [1.82, 2.24) is 9.55 Å². The predicted molar refractivity (Wildman–Crippen MR) is 75.7 cm³/mol. The van der Waals surface area contributed by atoms with Gasteiger partial charge in [0.25, 0.3) is 5.56 Å². The Morgan fingerprint density at radius 3 is 2.95 bits per heavy atom. The van der Waals surface area contributed by atoms with E-state index in [-0.39, 0.29) is 18.0 Å². The summed E-state index contributed by atoms with van der Waals surface area (Å²) in [5.41, 5.74) is 5.70. The fourth-order valence-corrected chi connectivity index (χ4v) is 1.83. The summed E-state index contributed by atoms with van der Waals surface area (Å²) in [5, 5.41) is 2.61. The molecule has 0 unspecified atom stereocenters. The van der Waals surface area contributed by atoms with Gasteiger partial charge in [0.15, 0.2) is 0 Å². The Morgan fingerprint density at radius 1 is 1.42 bits per heavy atom. The minimum atomic E-state index is -0.355. The summed E-state index contributed by atoms with van der Waals surface area (Å²) in [6, 6.07) is 6.31. The molecule has 0 saturated heterocycles. The molecule has 3 N–H and O–H groups in total. The zero-order valence-corrected chi connectivity index (χ0v) is 11.4. The maximum atomic E-state index is 11.8. The number of hydrogen-bond donors (Lipinski definition) is 2. The average Bonchev–Trinajstić information content (AvgIpc) is 2.37. The summed E-state index contributed by atoms with van der Waals surface area (Å²) in [7, 11) is 0. The van der Waals surface area contributed by atoms with Gasteiger partial charge in [-0.15, -0.1) is 0 Å². The molecule has 0 atom stereocenters. The van der Waals surface area contributed by atoms with Crippen LogP contribution in [0.1, 0.15) is 0 Å². The molecule has 0 saturated carbocycles. The first-order valence-electron chi connectivity index (χ1n) is 5.42. The first-order valence-corrected chi connectivity index (χ1v) is 6.22. The molecule has 19 heavy (non-hydrogen) atoms. The number of anilines is 2.